The number of carbonyl (C=O) groups excluding carboxylic acids is 1. The van der Waals surface area contributed by atoms with Gasteiger partial charge in [0.1, 0.15) is 0 Å². The predicted octanol–water partition coefficient (Wildman–Crippen LogP) is 3.94. The summed E-state index contributed by atoms with van der Waals surface area (Å²) in [6.45, 7) is 14.6. The Morgan fingerprint density at radius 1 is 0.970 bits per heavy atom. The summed E-state index contributed by atoms with van der Waals surface area (Å²) in [5.74, 6) is 0.0433. The first-order valence-electron chi connectivity index (χ1n) is 11.6. The Morgan fingerprint density at radius 3 is 2.24 bits per heavy atom. The summed E-state index contributed by atoms with van der Waals surface area (Å²) in [5.41, 5.74) is 6.32. The minimum atomic E-state index is -0.140. The molecule has 1 aliphatic rings. The van der Waals surface area contributed by atoms with Gasteiger partial charge in [0.05, 0.1) is 40.3 Å². The molecule has 0 spiro atoms. The van der Waals surface area contributed by atoms with Crippen LogP contribution in [-0.2, 0) is 17.9 Å². The molecule has 0 saturated carbocycles. The first kappa shape index (κ1) is 23.5. The highest BCUT2D eigenvalue weighted by Crippen LogP contribution is 2.22. The highest BCUT2D eigenvalue weighted by molar-refractivity contribution is 6.31. The van der Waals surface area contributed by atoms with Crippen molar-refractivity contribution < 1.29 is 4.79 Å². The molecule has 1 atom stereocenters. The van der Waals surface area contributed by atoms with E-state index < -0.39 is 0 Å². The van der Waals surface area contributed by atoms with Gasteiger partial charge in [-0.1, -0.05) is 36.7 Å². The van der Waals surface area contributed by atoms with Crippen LogP contribution in [0.4, 0.5) is 0 Å². The average Bonchev–Trinajstić information content (AvgIpc) is 3.24. The van der Waals surface area contributed by atoms with Crippen LogP contribution in [-0.4, -0.2) is 61.4 Å². The van der Waals surface area contributed by atoms with E-state index >= 15 is 0 Å². The van der Waals surface area contributed by atoms with Crippen LogP contribution in [0.25, 0.3) is 5.69 Å². The number of hydrogen-bond donors (Lipinski definition) is 0. The number of para-hydroxylation sites is 1. The molecule has 0 bridgehead atoms. The summed E-state index contributed by atoms with van der Waals surface area (Å²) in [6.07, 6.45) is 0. The zero-order valence-corrected chi connectivity index (χ0v) is 20.9. The maximum atomic E-state index is 13.1. The van der Waals surface area contributed by atoms with Crippen LogP contribution in [0.2, 0.25) is 5.02 Å². The van der Waals surface area contributed by atoms with Gasteiger partial charge in [-0.3, -0.25) is 14.4 Å². The quantitative estimate of drug-likeness (QED) is 0.550. The van der Waals surface area contributed by atoms with E-state index in [4.69, 9.17) is 16.7 Å². The van der Waals surface area contributed by atoms with Crippen molar-refractivity contribution in [2.75, 3.05) is 26.2 Å². The smallest absolute Gasteiger partial charge is 0.227 e. The lowest BCUT2D eigenvalue weighted by molar-refractivity contribution is -0.137. The number of piperazine rings is 1. The van der Waals surface area contributed by atoms with E-state index in [0.29, 0.717) is 11.6 Å². The van der Waals surface area contributed by atoms with E-state index in [-0.39, 0.29) is 11.8 Å². The molecule has 8 heteroatoms. The average molecular weight is 469 g/mol. The minimum absolute atomic E-state index is 0.140. The van der Waals surface area contributed by atoms with Crippen LogP contribution < -0.4 is 0 Å². The number of hydrogen-bond acceptors (Lipinski definition) is 4. The monoisotopic (exact) mass is 468 g/mol. The summed E-state index contributed by atoms with van der Waals surface area (Å²) in [5, 5.41) is 9.93. The fraction of sp³-hybridized carbons (Fsp3) is 0.480. The van der Waals surface area contributed by atoms with Crippen molar-refractivity contribution in [1.82, 2.24) is 29.4 Å². The lowest BCUT2D eigenvalue weighted by Gasteiger charge is -2.36. The van der Waals surface area contributed by atoms with Crippen LogP contribution in [0, 0.1) is 33.6 Å². The molecule has 1 aromatic carbocycles. The van der Waals surface area contributed by atoms with E-state index in [1.807, 2.05) is 53.2 Å². The number of carbonyl (C=O) groups is 1. The summed E-state index contributed by atoms with van der Waals surface area (Å²) in [4.78, 5) is 17.5. The van der Waals surface area contributed by atoms with Crippen molar-refractivity contribution in [3.05, 3.63) is 63.7 Å². The topological polar surface area (TPSA) is 59.2 Å². The number of nitrogens with zero attached hydrogens (tertiary/aromatic N) is 6. The maximum Gasteiger partial charge on any atom is 0.227 e. The fourth-order valence-electron chi connectivity index (χ4n) is 4.58. The molecule has 1 unspecified atom stereocenters. The lowest BCUT2D eigenvalue weighted by Crippen LogP contribution is -2.50. The van der Waals surface area contributed by atoms with Crippen molar-refractivity contribution in [3.8, 4) is 5.69 Å². The van der Waals surface area contributed by atoms with Gasteiger partial charge in [0.15, 0.2) is 0 Å². The first-order valence-corrected chi connectivity index (χ1v) is 11.9. The van der Waals surface area contributed by atoms with Gasteiger partial charge in [0.2, 0.25) is 5.91 Å². The molecule has 0 aliphatic carbocycles. The molecule has 33 heavy (non-hydrogen) atoms. The lowest BCUT2D eigenvalue weighted by atomic mass is 10.1. The standard InChI is InChI=1S/C25H33ClN6O/c1-17(15-31-21(5)24(26)19(3)27-31)25(33)30-13-11-29(12-14-30)16-23-18(2)28-32(20(23)4)22-9-7-6-8-10-22/h6-10,17H,11-16H2,1-5H3. The minimum Gasteiger partial charge on any atom is -0.340 e. The zero-order chi connectivity index (χ0) is 23.7. The van der Waals surface area contributed by atoms with Crippen LogP contribution in [0.15, 0.2) is 30.3 Å². The highest BCUT2D eigenvalue weighted by atomic mass is 35.5. The number of aryl methyl sites for hydroxylation is 2. The number of aromatic nitrogens is 4. The van der Waals surface area contributed by atoms with E-state index in [1.54, 1.807) is 0 Å². The molecule has 1 fully saturated rings. The van der Waals surface area contributed by atoms with E-state index in [1.165, 1.54) is 11.3 Å². The molecule has 0 radical (unpaired) electrons. The molecule has 2 aromatic heterocycles. The number of rotatable bonds is 6. The number of halogens is 1. The van der Waals surface area contributed by atoms with Gasteiger partial charge in [0, 0.05) is 44.0 Å². The van der Waals surface area contributed by atoms with Gasteiger partial charge in [-0.15, -0.1) is 0 Å². The Balaban J connectivity index is 1.35. The molecule has 4 rings (SSSR count). The Labute approximate surface area is 200 Å². The van der Waals surface area contributed by atoms with Crippen molar-refractivity contribution in [1.29, 1.82) is 0 Å². The Kier molecular flexibility index (Phi) is 6.91. The largest absolute Gasteiger partial charge is 0.340 e. The predicted molar refractivity (Wildman–Crippen MR) is 131 cm³/mol. The van der Waals surface area contributed by atoms with E-state index in [9.17, 15) is 4.79 Å². The van der Waals surface area contributed by atoms with E-state index in [2.05, 4.69) is 36.0 Å². The molecule has 1 amide bonds. The summed E-state index contributed by atoms with van der Waals surface area (Å²) in [7, 11) is 0. The molecule has 3 aromatic rings. The van der Waals surface area contributed by atoms with Gasteiger partial charge in [0.25, 0.3) is 0 Å². The van der Waals surface area contributed by atoms with Gasteiger partial charge in [-0.25, -0.2) is 4.68 Å². The third-order valence-corrected chi connectivity index (χ3v) is 7.22. The molecular formula is C25H33ClN6O. The van der Waals surface area contributed by atoms with E-state index in [0.717, 1.165) is 55.5 Å². The van der Waals surface area contributed by atoms with Gasteiger partial charge in [-0.05, 0) is 39.8 Å². The van der Waals surface area contributed by atoms with Crippen LogP contribution in [0.3, 0.4) is 0 Å². The van der Waals surface area contributed by atoms with Crippen LogP contribution in [0.1, 0.15) is 35.3 Å². The molecule has 176 valence electrons. The first-order chi connectivity index (χ1) is 15.8. The third-order valence-electron chi connectivity index (χ3n) is 6.67. The SMILES string of the molecule is Cc1nn(CC(C)C(=O)N2CCN(Cc3c(C)nn(-c4ccccc4)c3C)CC2)c(C)c1Cl. The summed E-state index contributed by atoms with van der Waals surface area (Å²) >= 11 is 6.26. The third kappa shape index (κ3) is 4.84. The second kappa shape index (κ2) is 9.69. The molecule has 7 nitrogen and oxygen atoms in total. The molecular weight excluding hydrogens is 436 g/mol. The zero-order valence-electron chi connectivity index (χ0n) is 20.2. The van der Waals surface area contributed by atoms with Gasteiger partial charge in [-0.2, -0.15) is 10.2 Å². The molecule has 3 heterocycles. The van der Waals surface area contributed by atoms with Crippen LogP contribution >= 0.6 is 11.6 Å². The number of amides is 1. The Morgan fingerprint density at radius 2 is 1.64 bits per heavy atom. The van der Waals surface area contributed by atoms with Crippen molar-refractivity contribution in [2.45, 2.75) is 47.7 Å². The van der Waals surface area contributed by atoms with Crippen molar-refractivity contribution >= 4 is 17.5 Å². The fourth-order valence-corrected chi connectivity index (χ4v) is 4.71. The molecule has 1 aliphatic heterocycles. The summed E-state index contributed by atoms with van der Waals surface area (Å²) in [6, 6.07) is 10.2. The molecule has 0 N–H and O–H groups in total. The second-order valence-electron chi connectivity index (χ2n) is 9.07. The highest BCUT2D eigenvalue weighted by Gasteiger charge is 2.27. The Bertz CT molecular complexity index is 1130. The van der Waals surface area contributed by atoms with Gasteiger partial charge < -0.3 is 4.90 Å². The van der Waals surface area contributed by atoms with Crippen LogP contribution in [0.5, 0.6) is 0 Å². The second-order valence-corrected chi connectivity index (χ2v) is 9.44. The number of benzene rings is 1. The van der Waals surface area contributed by atoms with Crippen molar-refractivity contribution in [2.24, 2.45) is 5.92 Å². The Hall–Kier alpha value is -2.64. The van der Waals surface area contributed by atoms with Crippen molar-refractivity contribution in [3.63, 3.8) is 0 Å². The normalized spacial score (nSPS) is 15.8. The summed E-state index contributed by atoms with van der Waals surface area (Å²) < 4.78 is 3.88. The van der Waals surface area contributed by atoms with Gasteiger partial charge >= 0.3 is 0 Å². The maximum absolute atomic E-state index is 13.1. The molecule has 1 saturated heterocycles.